The first kappa shape index (κ1) is 5.10. The Balaban J connectivity index is 1.93. The van der Waals surface area contributed by atoms with E-state index in [1.807, 2.05) is 0 Å². The van der Waals surface area contributed by atoms with E-state index in [0.29, 0.717) is 0 Å². The summed E-state index contributed by atoms with van der Waals surface area (Å²) in [5, 5.41) is 3.35. The van der Waals surface area contributed by atoms with Crippen molar-refractivity contribution in [2.24, 2.45) is 0 Å². The van der Waals surface area contributed by atoms with Gasteiger partial charge >= 0.3 is 0 Å². The Morgan fingerprint density at radius 1 is 1.71 bits per heavy atom. The van der Waals surface area contributed by atoms with Gasteiger partial charge in [-0.3, -0.25) is 0 Å². The van der Waals surface area contributed by atoms with Crippen LogP contribution in [-0.4, -0.2) is 12.6 Å². The van der Waals surface area contributed by atoms with E-state index in [-0.39, 0.29) is 0 Å². The number of rotatable bonds is 2. The molecule has 1 fully saturated rings. The largest absolute Gasteiger partial charge is 0.314 e. The molecule has 1 nitrogen and oxygen atoms in total. The van der Waals surface area contributed by atoms with Crippen LogP contribution in [0, 0.1) is 0 Å². The molecule has 1 aliphatic rings. The normalized spacial score (nSPS) is 29.6. The van der Waals surface area contributed by atoms with Crippen LogP contribution in [0.5, 0.6) is 0 Å². The molecule has 1 heteroatoms. The fourth-order valence-corrected chi connectivity index (χ4v) is 0.943. The quantitative estimate of drug-likeness (QED) is 0.547. The minimum absolute atomic E-state index is 0.880. The lowest BCUT2D eigenvalue weighted by Gasteiger charge is -2.26. The standard InChI is InChI=1S/C6H13N/c1-2-3-6-4-5-7-6/h6-7H,2-5H2,1H3. The van der Waals surface area contributed by atoms with E-state index < -0.39 is 0 Å². The Kier molecular flexibility index (Phi) is 1.69. The van der Waals surface area contributed by atoms with Gasteiger partial charge in [0.05, 0.1) is 0 Å². The van der Waals surface area contributed by atoms with Crippen molar-refractivity contribution in [1.29, 1.82) is 0 Å². The topological polar surface area (TPSA) is 12.0 Å². The summed E-state index contributed by atoms with van der Waals surface area (Å²) in [6, 6.07) is 0.880. The first-order valence-corrected chi connectivity index (χ1v) is 3.17. The minimum atomic E-state index is 0.880. The monoisotopic (exact) mass is 99.1 g/mol. The van der Waals surface area contributed by atoms with Crippen LogP contribution in [0.2, 0.25) is 0 Å². The molecule has 0 aromatic carbocycles. The van der Waals surface area contributed by atoms with Crippen LogP contribution >= 0.6 is 0 Å². The molecule has 0 saturated carbocycles. The molecule has 1 rings (SSSR count). The Morgan fingerprint density at radius 2 is 2.43 bits per heavy atom. The fourth-order valence-electron chi connectivity index (χ4n) is 0.943. The second kappa shape index (κ2) is 2.31. The summed E-state index contributed by atoms with van der Waals surface area (Å²) in [6.07, 6.45) is 4.12. The van der Waals surface area contributed by atoms with E-state index in [0.717, 1.165) is 6.04 Å². The van der Waals surface area contributed by atoms with Gasteiger partial charge in [-0.2, -0.15) is 0 Å². The number of hydrogen-bond acceptors (Lipinski definition) is 1. The molecule has 1 unspecified atom stereocenters. The molecule has 0 aromatic heterocycles. The van der Waals surface area contributed by atoms with E-state index in [4.69, 9.17) is 0 Å². The Hall–Kier alpha value is -0.0400. The zero-order valence-corrected chi connectivity index (χ0v) is 4.91. The van der Waals surface area contributed by atoms with Gasteiger partial charge in [0, 0.05) is 6.04 Å². The first-order valence-electron chi connectivity index (χ1n) is 3.17. The van der Waals surface area contributed by atoms with Crippen LogP contribution in [-0.2, 0) is 0 Å². The molecular formula is C6H13N. The Labute approximate surface area is 45.1 Å². The summed E-state index contributed by atoms with van der Waals surface area (Å²) in [7, 11) is 0. The second-order valence-electron chi connectivity index (χ2n) is 2.23. The lowest BCUT2D eigenvalue weighted by molar-refractivity contribution is 0.348. The van der Waals surface area contributed by atoms with Crippen molar-refractivity contribution in [3.05, 3.63) is 0 Å². The average Bonchev–Trinajstić information content (AvgIpc) is 1.55. The highest BCUT2D eigenvalue weighted by Gasteiger charge is 2.13. The summed E-state index contributed by atoms with van der Waals surface area (Å²) in [5.41, 5.74) is 0. The van der Waals surface area contributed by atoms with Crippen LogP contribution in [0.4, 0.5) is 0 Å². The van der Waals surface area contributed by atoms with Crippen molar-refractivity contribution in [1.82, 2.24) is 5.32 Å². The zero-order chi connectivity index (χ0) is 5.11. The summed E-state index contributed by atoms with van der Waals surface area (Å²) in [6.45, 7) is 3.49. The van der Waals surface area contributed by atoms with Gasteiger partial charge in [0.25, 0.3) is 0 Å². The first-order chi connectivity index (χ1) is 3.43. The summed E-state index contributed by atoms with van der Waals surface area (Å²) >= 11 is 0. The van der Waals surface area contributed by atoms with Crippen molar-refractivity contribution in [3.8, 4) is 0 Å². The zero-order valence-electron chi connectivity index (χ0n) is 4.91. The molecule has 0 radical (unpaired) electrons. The smallest absolute Gasteiger partial charge is 0.00790 e. The highest BCUT2D eigenvalue weighted by atomic mass is 15.0. The molecular weight excluding hydrogens is 86.1 g/mol. The van der Waals surface area contributed by atoms with Crippen molar-refractivity contribution < 1.29 is 0 Å². The van der Waals surface area contributed by atoms with E-state index in [1.54, 1.807) is 0 Å². The molecule has 1 saturated heterocycles. The summed E-state index contributed by atoms with van der Waals surface area (Å²) in [4.78, 5) is 0. The average molecular weight is 99.2 g/mol. The van der Waals surface area contributed by atoms with Crippen molar-refractivity contribution in [3.63, 3.8) is 0 Å². The van der Waals surface area contributed by atoms with Crippen LogP contribution in [0.25, 0.3) is 0 Å². The molecule has 0 spiro atoms. The summed E-state index contributed by atoms with van der Waals surface area (Å²) < 4.78 is 0. The van der Waals surface area contributed by atoms with Crippen LogP contribution < -0.4 is 5.32 Å². The van der Waals surface area contributed by atoms with Crippen LogP contribution in [0.3, 0.4) is 0 Å². The SMILES string of the molecule is CCCC1CCN1. The minimum Gasteiger partial charge on any atom is -0.314 e. The van der Waals surface area contributed by atoms with Crippen LogP contribution in [0.1, 0.15) is 26.2 Å². The third-order valence-corrected chi connectivity index (χ3v) is 1.56. The van der Waals surface area contributed by atoms with Gasteiger partial charge < -0.3 is 5.32 Å². The maximum Gasteiger partial charge on any atom is 0.00790 e. The van der Waals surface area contributed by atoms with E-state index >= 15 is 0 Å². The van der Waals surface area contributed by atoms with Crippen molar-refractivity contribution in [2.75, 3.05) is 6.54 Å². The molecule has 0 amide bonds. The van der Waals surface area contributed by atoms with E-state index in [9.17, 15) is 0 Å². The maximum absolute atomic E-state index is 3.35. The molecule has 7 heavy (non-hydrogen) atoms. The molecule has 1 N–H and O–H groups in total. The number of hydrogen-bond donors (Lipinski definition) is 1. The number of nitrogens with one attached hydrogen (secondary N) is 1. The maximum atomic E-state index is 3.35. The molecule has 0 aromatic rings. The van der Waals surface area contributed by atoms with Gasteiger partial charge in [0.15, 0.2) is 0 Å². The molecule has 0 aliphatic carbocycles. The van der Waals surface area contributed by atoms with Crippen molar-refractivity contribution in [2.45, 2.75) is 32.2 Å². The lowest BCUT2D eigenvalue weighted by atomic mass is 10.0. The van der Waals surface area contributed by atoms with Gasteiger partial charge in [-0.25, -0.2) is 0 Å². The van der Waals surface area contributed by atoms with E-state index in [2.05, 4.69) is 12.2 Å². The van der Waals surface area contributed by atoms with Gasteiger partial charge in [0.2, 0.25) is 0 Å². The van der Waals surface area contributed by atoms with E-state index in [1.165, 1.54) is 25.8 Å². The van der Waals surface area contributed by atoms with Crippen LogP contribution in [0.15, 0.2) is 0 Å². The third kappa shape index (κ3) is 1.16. The lowest BCUT2D eigenvalue weighted by Crippen LogP contribution is -2.42. The Morgan fingerprint density at radius 3 is 2.57 bits per heavy atom. The predicted octanol–water partition coefficient (Wildman–Crippen LogP) is 1.15. The van der Waals surface area contributed by atoms with Gasteiger partial charge in [0.1, 0.15) is 0 Å². The predicted molar refractivity (Wildman–Crippen MR) is 31.3 cm³/mol. The van der Waals surface area contributed by atoms with Gasteiger partial charge in [-0.15, -0.1) is 0 Å². The highest BCUT2D eigenvalue weighted by Crippen LogP contribution is 2.07. The van der Waals surface area contributed by atoms with Gasteiger partial charge in [-0.1, -0.05) is 13.3 Å². The van der Waals surface area contributed by atoms with Crippen molar-refractivity contribution >= 4 is 0 Å². The molecule has 1 heterocycles. The second-order valence-corrected chi connectivity index (χ2v) is 2.23. The van der Waals surface area contributed by atoms with Gasteiger partial charge in [-0.05, 0) is 19.4 Å². The molecule has 1 aliphatic heterocycles. The molecule has 42 valence electrons. The highest BCUT2D eigenvalue weighted by molar-refractivity contribution is 4.75. The third-order valence-electron chi connectivity index (χ3n) is 1.56. The summed E-state index contributed by atoms with van der Waals surface area (Å²) in [5.74, 6) is 0. The molecule has 0 bridgehead atoms. The Bertz CT molecular complexity index is 48.1. The fraction of sp³-hybridized carbons (Fsp3) is 1.00. The molecule has 1 atom stereocenters.